The van der Waals surface area contributed by atoms with Gasteiger partial charge in [-0.3, -0.25) is 0 Å². The summed E-state index contributed by atoms with van der Waals surface area (Å²) in [7, 11) is 2.28. The summed E-state index contributed by atoms with van der Waals surface area (Å²) in [6, 6.07) is 10.6. The number of oxazole rings is 1. The van der Waals surface area contributed by atoms with E-state index in [2.05, 4.69) is 46.5 Å². The minimum Gasteiger partial charge on any atom is -0.444 e. The van der Waals surface area contributed by atoms with Gasteiger partial charge in [-0.2, -0.15) is 0 Å². The van der Waals surface area contributed by atoms with Gasteiger partial charge in [0.05, 0.1) is 6.20 Å². The number of nitrogens with zero attached hydrogens (tertiary/aromatic N) is 2. The fourth-order valence-electron chi connectivity index (χ4n) is 3.85. The molecule has 4 rings (SSSR count). The van der Waals surface area contributed by atoms with Crippen LogP contribution in [0.3, 0.4) is 0 Å². The second-order valence-electron chi connectivity index (χ2n) is 6.31. The third-order valence-electron chi connectivity index (χ3n) is 5.07. The molecule has 2 unspecified atom stereocenters. The first-order chi connectivity index (χ1) is 10.3. The first-order valence-electron chi connectivity index (χ1n) is 7.77. The van der Waals surface area contributed by atoms with Gasteiger partial charge in [0.25, 0.3) is 0 Å². The molecule has 0 saturated carbocycles. The third-order valence-corrected chi connectivity index (χ3v) is 5.07. The summed E-state index contributed by atoms with van der Waals surface area (Å²) in [5.74, 6) is 0.818. The van der Waals surface area contributed by atoms with Crippen LogP contribution in [0.25, 0.3) is 11.3 Å². The van der Waals surface area contributed by atoms with Gasteiger partial charge in [-0.15, -0.1) is 0 Å². The van der Waals surface area contributed by atoms with Crippen molar-refractivity contribution in [2.24, 2.45) is 0 Å². The van der Waals surface area contributed by atoms with Crippen molar-refractivity contribution < 1.29 is 4.42 Å². The lowest BCUT2D eigenvalue weighted by Crippen LogP contribution is -2.44. The molecular formula is C17H21N3O. The Hall–Kier alpha value is -1.81. The normalized spacial score (nSPS) is 28.7. The maximum absolute atomic E-state index is 5.32. The van der Waals surface area contributed by atoms with E-state index >= 15 is 0 Å². The van der Waals surface area contributed by atoms with E-state index in [0.717, 1.165) is 23.4 Å². The van der Waals surface area contributed by atoms with Crippen molar-refractivity contribution in [3.63, 3.8) is 0 Å². The van der Waals surface area contributed by atoms with Crippen molar-refractivity contribution in [2.75, 3.05) is 12.4 Å². The largest absolute Gasteiger partial charge is 0.444 e. The van der Waals surface area contributed by atoms with Crippen molar-refractivity contribution in [3.05, 3.63) is 36.9 Å². The predicted octanol–water partition coefficient (Wildman–Crippen LogP) is 3.38. The number of piperidine rings is 1. The van der Waals surface area contributed by atoms with Crippen molar-refractivity contribution in [1.29, 1.82) is 0 Å². The first-order valence-corrected chi connectivity index (χ1v) is 7.77. The number of hydrogen-bond donors (Lipinski definition) is 1. The van der Waals surface area contributed by atoms with Crippen LogP contribution in [0.5, 0.6) is 0 Å². The Morgan fingerprint density at radius 1 is 1.14 bits per heavy atom. The highest BCUT2D eigenvalue weighted by molar-refractivity contribution is 5.60. The number of aromatic nitrogens is 1. The average Bonchev–Trinajstić information content (AvgIpc) is 3.08. The average molecular weight is 283 g/mol. The van der Waals surface area contributed by atoms with Crippen molar-refractivity contribution in [1.82, 2.24) is 9.88 Å². The molecule has 2 aromatic rings. The first kappa shape index (κ1) is 12.9. The molecule has 0 radical (unpaired) electrons. The lowest BCUT2D eigenvalue weighted by Gasteiger charge is -2.37. The third kappa shape index (κ3) is 2.44. The van der Waals surface area contributed by atoms with Crippen LogP contribution in [0.15, 0.2) is 41.3 Å². The Bertz CT molecular complexity index is 579. The fraction of sp³-hybridized carbons (Fsp3) is 0.471. The van der Waals surface area contributed by atoms with Gasteiger partial charge in [0.15, 0.2) is 12.2 Å². The standard InChI is InChI=1S/C17H21N3O/c1-20-15-6-7-16(20)9-14(8-15)19-13-4-2-12(3-5-13)17-10-18-11-21-17/h2-5,10-11,14-16,19H,6-9H2,1H3. The minimum absolute atomic E-state index is 0.606. The molecule has 4 nitrogen and oxygen atoms in total. The summed E-state index contributed by atoms with van der Waals surface area (Å²) in [5, 5.41) is 3.70. The Morgan fingerprint density at radius 2 is 1.86 bits per heavy atom. The highest BCUT2D eigenvalue weighted by Gasteiger charge is 2.38. The van der Waals surface area contributed by atoms with Crippen LogP contribution in [0.2, 0.25) is 0 Å². The molecule has 110 valence electrons. The number of nitrogens with one attached hydrogen (secondary N) is 1. The molecule has 2 aliphatic rings. The molecule has 0 aliphatic carbocycles. The fourth-order valence-corrected chi connectivity index (χ4v) is 3.85. The summed E-state index contributed by atoms with van der Waals surface area (Å²) < 4.78 is 5.32. The quantitative estimate of drug-likeness (QED) is 0.937. The maximum Gasteiger partial charge on any atom is 0.181 e. The van der Waals surface area contributed by atoms with Crippen LogP contribution >= 0.6 is 0 Å². The molecule has 0 amide bonds. The Labute approximate surface area is 125 Å². The van der Waals surface area contributed by atoms with Crippen LogP contribution in [-0.4, -0.2) is 35.1 Å². The summed E-state index contributed by atoms with van der Waals surface area (Å²) in [6.07, 6.45) is 8.47. The minimum atomic E-state index is 0.606. The molecule has 2 fully saturated rings. The van der Waals surface area contributed by atoms with Crippen LogP contribution in [0.1, 0.15) is 25.7 Å². The molecule has 0 spiro atoms. The van der Waals surface area contributed by atoms with E-state index in [1.165, 1.54) is 37.8 Å². The SMILES string of the molecule is CN1C2CCC1CC(Nc1ccc(-c3cnco3)cc1)C2. The summed E-state index contributed by atoms with van der Waals surface area (Å²) in [5.41, 5.74) is 2.27. The maximum atomic E-state index is 5.32. The number of anilines is 1. The van der Waals surface area contributed by atoms with Crippen LogP contribution in [0.4, 0.5) is 5.69 Å². The van der Waals surface area contributed by atoms with Gasteiger partial charge < -0.3 is 14.6 Å². The van der Waals surface area contributed by atoms with E-state index < -0.39 is 0 Å². The molecule has 4 heteroatoms. The van der Waals surface area contributed by atoms with Gasteiger partial charge in [0, 0.05) is 29.4 Å². The van der Waals surface area contributed by atoms with Gasteiger partial charge in [-0.05, 0) is 57.0 Å². The summed E-state index contributed by atoms with van der Waals surface area (Å²) in [4.78, 5) is 6.53. The molecule has 2 aliphatic heterocycles. The number of hydrogen-bond acceptors (Lipinski definition) is 4. The molecule has 21 heavy (non-hydrogen) atoms. The van der Waals surface area contributed by atoms with Gasteiger partial charge >= 0.3 is 0 Å². The van der Waals surface area contributed by atoms with Gasteiger partial charge in [0.2, 0.25) is 0 Å². The number of benzene rings is 1. The van der Waals surface area contributed by atoms with Gasteiger partial charge in [-0.1, -0.05) is 0 Å². The molecule has 1 aromatic heterocycles. The van der Waals surface area contributed by atoms with E-state index in [1.54, 1.807) is 6.20 Å². The topological polar surface area (TPSA) is 41.3 Å². The highest BCUT2D eigenvalue weighted by atomic mass is 16.3. The smallest absolute Gasteiger partial charge is 0.181 e. The van der Waals surface area contributed by atoms with Crippen LogP contribution in [0, 0.1) is 0 Å². The zero-order valence-corrected chi connectivity index (χ0v) is 12.3. The van der Waals surface area contributed by atoms with E-state index in [4.69, 9.17) is 4.42 Å². The molecule has 3 heterocycles. The van der Waals surface area contributed by atoms with Crippen LogP contribution in [-0.2, 0) is 0 Å². The molecule has 1 aromatic carbocycles. The lowest BCUT2D eigenvalue weighted by molar-refractivity contribution is 0.169. The van der Waals surface area contributed by atoms with E-state index in [9.17, 15) is 0 Å². The van der Waals surface area contributed by atoms with Crippen LogP contribution < -0.4 is 5.32 Å². The molecule has 2 bridgehead atoms. The zero-order chi connectivity index (χ0) is 14.2. The van der Waals surface area contributed by atoms with Crippen molar-refractivity contribution in [3.8, 4) is 11.3 Å². The summed E-state index contributed by atoms with van der Waals surface area (Å²) in [6.45, 7) is 0. The second-order valence-corrected chi connectivity index (χ2v) is 6.31. The second kappa shape index (κ2) is 5.19. The van der Waals surface area contributed by atoms with Crippen molar-refractivity contribution in [2.45, 2.75) is 43.8 Å². The van der Waals surface area contributed by atoms with Gasteiger partial charge in [0.1, 0.15) is 0 Å². The van der Waals surface area contributed by atoms with E-state index in [1.807, 2.05) is 0 Å². The highest BCUT2D eigenvalue weighted by Crippen LogP contribution is 2.35. The molecule has 2 atom stereocenters. The number of rotatable bonds is 3. The Morgan fingerprint density at radius 3 is 2.48 bits per heavy atom. The Kier molecular flexibility index (Phi) is 3.19. The monoisotopic (exact) mass is 283 g/mol. The van der Waals surface area contributed by atoms with E-state index in [0.29, 0.717) is 6.04 Å². The van der Waals surface area contributed by atoms with Crippen molar-refractivity contribution >= 4 is 5.69 Å². The molecule has 1 N–H and O–H groups in total. The predicted molar refractivity (Wildman–Crippen MR) is 83.2 cm³/mol. The number of fused-ring (bicyclic) bond motifs is 2. The van der Waals surface area contributed by atoms with E-state index in [-0.39, 0.29) is 0 Å². The van der Waals surface area contributed by atoms with Gasteiger partial charge in [-0.25, -0.2) is 4.98 Å². The molecule has 2 saturated heterocycles. The zero-order valence-electron chi connectivity index (χ0n) is 12.3. The lowest BCUT2D eigenvalue weighted by atomic mass is 9.97. The summed E-state index contributed by atoms with van der Waals surface area (Å²) >= 11 is 0. The Balaban J connectivity index is 1.44. The molecular weight excluding hydrogens is 262 g/mol.